The molecule has 2 atom stereocenters. The van der Waals surface area contributed by atoms with E-state index in [9.17, 15) is 14.0 Å². The molecule has 2 amide bonds. The monoisotopic (exact) mass is 385 g/mol. The van der Waals surface area contributed by atoms with Crippen LogP contribution in [0.3, 0.4) is 0 Å². The zero-order chi connectivity index (χ0) is 17.8. The van der Waals surface area contributed by atoms with Gasteiger partial charge in [0.25, 0.3) is 5.91 Å². The van der Waals surface area contributed by atoms with Gasteiger partial charge in [-0.3, -0.25) is 9.59 Å². The van der Waals surface area contributed by atoms with Crippen molar-refractivity contribution in [1.82, 2.24) is 15.5 Å². The van der Waals surface area contributed by atoms with E-state index in [0.29, 0.717) is 39.1 Å². The fourth-order valence-corrected chi connectivity index (χ4v) is 3.35. The Bertz CT molecular complexity index is 638. The van der Waals surface area contributed by atoms with Crippen LogP contribution < -0.4 is 10.6 Å². The predicted octanol–water partition coefficient (Wildman–Crippen LogP) is 1.35. The standard InChI is InChI=1S/C18H24FN3O3.ClH/c1-12-16(20-8-11-25-12)17(23)21-13-6-9-22(10-7-13)18(24)14-4-2-3-5-15(14)19;/h2-5,12-13,16,20H,6-11H2,1H3,(H,21,23);1H/t12-,16+;/m1./s1. The van der Waals surface area contributed by atoms with E-state index in [1.165, 1.54) is 12.1 Å². The maximum absolute atomic E-state index is 13.8. The number of carbonyl (C=O) groups excluding carboxylic acids is 2. The molecule has 2 heterocycles. The minimum absolute atomic E-state index is 0. The largest absolute Gasteiger partial charge is 0.375 e. The summed E-state index contributed by atoms with van der Waals surface area (Å²) >= 11 is 0. The summed E-state index contributed by atoms with van der Waals surface area (Å²) in [5, 5.41) is 6.21. The van der Waals surface area contributed by atoms with Gasteiger partial charge in [-0.2, -0.15) is 0 Å². The highest BCUT2D eigenvalue weighted by atomic mass is 35.5. The van der Waals surface area contributed by atoms with Crippen LogP contribution in [0.2, 0.25) is 0 Å². The lowest BCUT2D eigenvalue weighted by molar-refractivity contribution is -0.129. The van der Waals surface area contributed by atoms with Crippen molar-refractivity contribution in [2.45, 2.75) is 38.0 Å². The molecule has 6 nitrogen and oxygen atoms in total. The maximum Gasteiger partial charge on any atom is 0.256 e. The highest BCUT2D eigenvalue weighted by Crippen LogP contribution is 2.16. The summed E-state index contributed by atoms with van der Waals surface area (Å²) in [5.41, 5.74) is 0.0994. The Hall–Kier alpha value is -1.70. The van der Waals surface area contributed by atoms with E-state index >= 15 is 0 Å². The third-order valence-corrected chi connectivity index (χ3v) is 4.83. The molecular weight excluding hydrogens is 361 g/mol. The molecule has 2 N–H and O–H groups in total. The number of carbonyl (C=O) groups is 2. The lowest BCUT2D eigenvalue weighted by Crippen LogP contribution is -2.58. The normalized spacial score (nSPS) is 23.8. The van der Waals surface area contributed by atoms with Crippen molar-refractivity contribution in [3.63, 3.8) is 0 Å². The van der Waals surface area contributed by atoms with Crippen molar-refractivity contribution in [1.29, 1.82) is 0 Å². The molecule has 3 rings (SSSR count). The SMILES string of the molecule is C[C@H]1OCCN[C@@H]1C(=O)NC1CCN(C(=O)c2ccccc2F)CC1.Cl. The number of ether oxygens (including phenoxy) is 1. The number of nitrogens with zero attached hydrogens (tertiary/aromatic N) is 1. The van der Waals surface area contributed by atoms with E-state index in [1.807, 2.05) is 6.92 Å². The van der Waals surface area contributed by atoms with Crippen molar-refractivity contribution >= 4 is 24.2 Å². The number of amides is 2. The number of likely N-dealkylation sites (tertiary alicyclic amines) is 1. The molecule has 2 aliphatic heterocycles. The average Bonchev–Trinajstić information content (AvgIpc) is 2.62. The smallest absolute Gasteiger partial charge is 0.256 e. The van der Waals surface area contributed by atoms with Gasteiger partial charge in [-0.05, 0) is 31.9 Å². The van der Waals surface area contributed by atoms with Crippen LogP contribution in [0.4, 0.5) is 4.39 Å². The van der Waals surface area contributed by atoms with Gasteiger partial charge in [0.1, 0.15) is 11.9 Å². The molecule has 0 spiro atoms. The molecule has 0 aromatic heterocycles. The van der Waals surface area contributed by atoms with Crippen LogP contribution in [0.1, 0.15) is 30.1 Å². The molecule has 2 aliphatic rings. The molecule has 0 unspecified atom stereocenters. The summed E-state index contributed by atoms with van der Waals surface area (Å²) in [6.45, 7) is 4.16. The molecule has 0 saturated carbocycles. The summed E-state index contributed by atoms with van der Waals surface area (Å²) in [6.07, 6.45) is 1.17. The molecule has 0 radical (unpaired) electrons. The fraction of sp³-hybridized carbons (Fsp3) is 0.556. The average molecular weight is 386 g/mol. The molecule has 1 aromatic carbocycles. The maximum atomic E-state index is 13.8. The first-order valence-electron chi connectivity index (χ1n) is 8.75. The van der Waals surface area contributed by atoms with E-state index < -0.39 is 5.82 Å². The van der Waals surface area contributed by atoms with E-state index in [0.717, 1.165) is 0 Å². The Morgan fingerprint density at radius 2 is 1.96 bits per heavy atom. The topological polar surface area (TPSA) is 70.7 Å². The third kappa shape index (κ3) is 4.72. The molecule has 0 bridgehead atoms. The van der Waals surface area contributed by atoms with Gasteiger partial charge in [-0.1, -0.05) is 12.1 Å². The number of morpholine rings is 1. The van der Waals surface area contributed by atoms with Gasteiger partial charge in [-0.15, -0.1) is 12.4 Å². The Labute approximate surface area is 158 Å². The van der Waals surface area contributed by atoms with Gasteiger partial charge < -0.3 is 20.3 Å². The van der Waals surface area contributed by atoms with Crippen LogP contribution in [0, 0.1) is 5.82 Å². The van der Waals surface area contributed by atoms with Gasteiger partial charge >= 0.3 is 0 Å². The first kappa shape index (κ1) is 20.6. The second-order valence-corrected chi connectivity index (χ2v) is 6.56. The number of rotatable bonds is 3. The van der Waals surface area contributed by atoms with Gasteiger partial charge in [0, 0.05) is 25.7 Å². The molecule has 0 aliphatic carbocycles. The molecule has 1 aromatic rings. The molecule has 26 heavy (non-hydrogen) atoms. The van der Waals surface area contributed by atoms with Gasteiger partial charge in [-0.25, -0.2) is 4.39 Å². The zero-order valence-corrected chi connectivity index (χ0v) is 15.6. The summed E-state index contributed by atoms with van der Waals surface area (Å²) in [5.74, 6) is -0.856. The summed E-state index contributed by atoms with van der Waals surface area (Å²) in [4.78, 5) is 26.4. The Balaban J connectivity index is 0.00000243. The first-order chi connectivity index (χ1) is 12.1. The van der Waals surface area contributed by atoms with Crippen molar-refractivity contribution in [2.75, 3.05) is 26.2 Å². The lowest BCUT2D eigenvalue weighted by atomic mass is 10.0. The first-order valence-corrected chi connectivity index (χ1v) is 8.75. The molecule has 144 valence electrons. The van der Waals surface area contributed by atoms with E-state index in [4.69, 9.17) is 4.74 Å². The quantitative estimate of drug-likeness (QED) is 0.824. The van der Waals surface area contributed by atoms with Gasteiger partial charge in [0.2, 0.25) is 5.91 Å². The van der Waals surface area contributed by atoms with E-state index in [1.54, 1.807) is 17.0 Å². The minimum Gasteiger partial charge on any atom is -0.375 e. The van der Waals surface area contributed by atoms with Crippen molar-refractivity contribution in [3.05, 3.63) is 35.6 Å². The number of piperidine rings is 1. The van der Waals surface area contributed by atoms with Crippen molar-refractivity contribution in [3.8, 4) is 0 Å². The number of benzene rings is 1. The van der Waals surface area contributed by atoms with Crippen molar-refractivity contribution in [2.24, 2.45) is 0 Å². The molecule has 2 fully saturated rings. The summed E-state index contributed by atoms with van der Waals surface area (Å²) in [7, 11) is 0. The summed E-state index contributed by atoms with van der Waals surface area (Å²) in [6, 6.07) is 5.70. The van der Waals surface area contributed by atoms with Crippen LogP contribution in [0.5, 0.6) is 0 Å². The fourth-order valence-electron chi connectivity index (χ4n) is 3.35. The van der Waals surface area contributed by atoms with Gasteiger partial charge in [0.05, 0.1) is 18.3 Å². The Morgan fingerprint density at radius 1 is 1.27 bits per heavy atom. The van der Waals surface area contributed by atoms with Gasteiger partial charge in [0.15, 0.2) is 0 Å². The van der Waals surface area contributed by atoms with E-state index in [-0.39, 0.29) is 48.0 Å². The van der Waals surface area contributed by atoms with Crippen LogP contribution in [-0.4, -0.2) is 61.1 Å². The van der Waals surface area contributed by atoms with Crippen LogP contribution in [0.25, 0.3) is 0 Å². The molecule has 8 heteroatoms. The Kier molecular flexibility index (Phi) is 7.37. The van der Waals surface area contributed by atoms with Crippen molar-refractivity contribution < 1.29 is 18.7 Å². The van der Waals surface area contributed by atoms with Crippen LogP contribution >= 0.6 is 12.4 Å². The second kappa shape index (κ2) is 9.30. The van der Waals surface area contributed by atoms with Crippen LogP contribution in [0.15, 0.2) is 24.3 Å². The second-order valence-electron chi connectivity index (χ2n) is 6.56. The summed E-state index contributed by atoms with van der Waals surface area (Å²) < 4.78 is 19.3. The highest BCUT2D eigenvalue weighted by Gasteiger charge is 2.31. The number of hydrogen-bond donors (Lipinski definition) is 2. The molecular formula is C18H25ClFN3O3. The molecule has 2 saturated heterocycles. The predicted molar refractivity (Wildman–Crippen MR) is 97.9 cm³/mol. The zero-order valence-electron chi connectivity index (χ0n) is 14.7. The Morgan fingerprint density at radius 3 is 2.62 bits per heavy atom. The van der Waals surface area contributed by atoms with E-state index in [2.05, 4.69) is 10.6 Å². The lowest BCUT2D eigenvalue weighted by Gasteiger charge is -2.35. The van der Waals surface area contributed by atoms with Crippen LogP contribution in [-0.2, 0) is 9.53 Å². The number of halogens is 2. The number of nitrogens with one attached hydrogen (secondary N) is 2. The highest BCUT2D eigenvalue weighted by molar-refractivity contribution is 5.94. The number of hydrogen-bond acceptors (Lipinski definition) is 4. The minimum atomic E-state index is -0.500. The third-order valence-electron chi connectivity index (χ3n) is 4.83.